The SMILES string of the molecule is CC(C)(C)c1[nH]c2cc(Cl)ccc2c1Cc1ccc(C(=O)O)o1. The monoisotopic (exact) mass is 331 g/mol. The van der Waals surface area contributed by atoms with Crippen molar-refractivity contribution in [2.24, 2.45) is 0 Å². The van der Waals surface area contributed by atoms with Crippen molar-refractivity contribution in [2.45, 2.75) is 32.6 Å². The van der Waals surface area contributed by atoms with Gasteiger partial charge in [-0.15, -0.1) is 0 Å². The van der Waals surface area contributed by atoms with E-state index in [1.165, 1.54) is 6.07 Å². The van der Waals surface area contributed by atoms with Gasteiger partial charge < -0.3 is 14.5 Å². The zero-order chi connectivity index (χ0) is 16.8. The number of aromatic nitrogens is 1. The second-order valence-corrected chi connectivity index (χ2v) is 7.10. The van der Waals surface area contributed by atoms with Crippen LogP contribution in [0.25, 0.3) is 10.9 Å². The van der Waals surface area contributed by atoms with Crippen LogP contribution < -0.4 is 0 Å². The number of benzene rings is 1. The van der Waals surface area contributed by atoms with Crippen molar-refractivity contribution in [1.29, 1.82) is 0 Å². The minimum Gasteiger partial charge on any atom is -0.475 e. The number of fused-ring (bicyclic) bond motifs is 1. The molecule has 0 unspecified atom stereocenters. The highest BCUT2D eigenvalue weighted by Crippen LogP contribution is 2.34. The molecule has 5 heteroatoms. The fraction of sp³-hybridized carbons (Fsp3) is 0.278. The zero-order valence-corrected chi connectivity index (χ0v) is 14.0. The van der Waals surface area contributed by atoms with E-state index in [4.69, 9.17) is 21.1 Å². The minimum absolute atomic E-state index is 0.0415. The summed E-state index contributed by atoms with van der Waals surface area (Å²) >= 11 is 6.09. The van der Waals surface area contributed by atoms with Crippen molar-refractivity contribution in [3.8, 4) is 0 Å². The summed E-state index contributed by atoms with van der Waals surface area (Å²) in [7, 11) is 0. The smallest absolute Gasteiger partial charge is 0.371 e. The third-order valence-corrected chi connectivity index (χ3v) is 4.08. The average Bonchev–Trinajstić information content (AvgIpc) is 3.03. The molecule has 0 saturated heterocycles. The standard InChI is InChI=1S/C18H18ClNO3/c1-18(2,3)16-13(9-11-5-7-15(23-11)17(21)22)12-6-4-10(19)8-14(12)20-16/h4-8,20H,9H2,1-3H3,(H,21,22). The van der Waals surface area contributed by atoms with Crippen LogP contribution in [0, 0.1) is 0 Å². The van der Waals surface area contributed by atoms with Gasteiger partial charge in [0.1, 0.15) is 5.76 Å². The van der Waals surface area contributed by atoms with E-state index in [0.717, 1.165) is 22.2 Å². The van der Waals surface area contributed by atoms with E-state index in [2.05, 4.69) is 25.8 Å². The lowest BCUT2D eigenvalue weighted by Gasteiger charge is -2.19. The minimum atomic E-state index is -1.06. The van der Waals surface area contributed by atoms with E-state index in [9.17, 15) is 4.79 Å². The number of hydrogen-bond acceptors (Lipinski definition) is 2. The van der Waals surface area contributed by atoms with E-state index in [1.54, 1.807) is 6.07 Å². The van der Waals surface area contributed by atoms with Crippen LogP contribution in [0.2, 0.25) is 5.02 Å². The Morgan fingerprint density at radius 3 is 2.61 bits per heavy atom. The van der Waals surface area contributed by atoms with E-state index in [-0.39, 0.29) is 11.2 Å². The van der Waals surface area contributed by atoms with Gasteiger partial charge in [0.05, 0.1) is 0 Å². The van der Waals surface area contributed by atoms with Gasteiger partial charge in [-0.3, -0.25) is 0 Å². The Morgan fingerprint density at radius 1 is 1.26 bits per heavy atom. The van der Waals surface area contributed by atoms with Crippen LogP contribution in [0.3, 0.4) is 0 Å². The number of carboxylic acid groups (broad SMARTS) is 1. The van der Waals surface area contributed by atoms with Crippen molar-refractivity contribution < 1.29 is 14.3 Å². The van der Waals surface area contributed by atoms with Gasteiger partial charge >= 0.3 is 5.97 Å². The number of nitrogens with one attached hydrogen (secondary N) is 1. The highest BCUT2D eigenvalue weighted by atomic mass is 35.5. The number of H-pyrrole nitrogens is 1. The molecule has 0 aliphatic heterocycles. The quantitative estimate of drug-likeness (QED) is 0.709. The maximum absolute atomic E-state index is 11.0. The topological polar surface area (TPSA) is 66.2 Å². The molecule has 0 bridgehead atoms. The molecule has 120 valence electrons. The number of hydrogen-bond donors (Lipinski definition) is 2. The van der Waals surface area contributed by atoms with Crippen molar-refractivity contribution in [3.63, 3.8) is 0 Å². The molecular weight excluding hydrogens is 314 g/mol. The van der Waals surface area contributed by atoms with E-state index in [1.807, 2.05) is 18.2 Å². The number of aromatic amines is 1. The van der Waals surface area contributed by atoms with Crippen LogP contribution in [-0.4, -0.2) is 16.1 Å². The summed E-state index contributed by atoms with van der Waals surface area (Å²) in [6, 6.07) is 8.95. The normalized spacial score (nSPS) is 12.0. The largest absolute Gasteiger partial charge is 0.475 e. The second-order valence-electron chi connectivity index (χ2n) is 6.67. The molecule has 0 atom stereocenters. The Kier molecular flexibility index (Phi) is 3.72. The van der Waals surface area contributed by atoms with Gasteiger partial charge in [0, 0.05) is 33.5 Å². The molecule has 0 spiro atoms. The van der Waals surface area contributed by atoms with Gasteiger partial charge in [0.15, 0.2) is 0 Å². The highest BCUT2D eigenvalue weighted by molar-refractivity contribution is 6.31. The molecule has 4 nitrogen and oxygen atoms in total. The first-order chi connectivity index (χ1) is 10.8. The number of furan rings is 1. The maximum Gasteiger partial charge on any atom is 0.371 e. The Balaban J connectivity index is 2.12. The number of carbonyl (C=O) groups is 1. The Morgan fingerprint density at radius 2 is 2.00 bits per heavy atom. The Hall–Kier alpha value is -2.20. The average molecular weight is 332 g/mol. The molecule has 0 aliphatic rings. The van der Waals surface area contributed by atoms with Crippen molar-refractivity contribution in [3.05, 3.63) is 58.1 Å². The van der Waals surface area contributed by atoms with Crippen LogP contribution in [0.1, 0.15) is 48.3 Å². The number of halogens is 1. The highest BCUT2D eigenvalue weighted by Gasteiger charge is 2.23. The molecule has 3 rings (SSSR count). The lowest BCUT2D eigenvalue weighted by atomic mass is 9.87. The van der Waals surface area contributed by atoms with Gasteiger partial charge in [-0.05, 0) is 29.8 Å². The van der Waals surface area contributed by atoms with E-state index >= 15 is 0 Å². The van der Waals surface area contributed by atoms with Gasteiger partial charge in [0.25, 0.3) is 0 Å². The van der Waals surface area contributed by atoms with Crippen LogP contribution in [-0.2, 0) is 11.8 Å². The van der Waals surface area contributed by atoms with Crippen LogP contribution in [0.15, 0.2) is 34.7 Å². The first-order valence-electron chi connectivity index (χ1n) is 7.38. The maximum atomic E-state index is 11.0. The molecule has 2 aromatic heterocycles. The molecule has 0 aliphatic carbocycles. The number of rotatable bonds is 3. The summed E-state index contributed by atoms with van der Waals surface area (Å²) < 4.78 is 5.42. The summed E-state index contributed by atoms with van der Waals surface area (Å²) in [5.74, 6) is -0.470. The van der Waals surface area contributed by atoms with Crippen LogP contribution >= 0.6 is 11.6 Å². The summed E-state index contributed by atoms with van der Waals surface area (Å²) in [5.41, 5.74) is 3.10. The number of aromatic carboxylic acids is 1. The first-order valence-corrected chi connectivity index (χ1v) is 7.76. The predicted molar refractivity (Wildman–Crippen MR) is 90.5 cm³/mol. The molecular formula is C18H18ClNO3. The van der Waals surface area contributed by atoms with Crippen molar-refractivity contribution in [2.75, 3.05) is 0 Å². The molecule has 2 heterocycles. The molecule has 0 fully saturated rings. The molecule has 0 saturated carbocycles. The Labute approximate surface area is 139 Å². The van der Waals surface area contributed by atoms with Gasteiger partial charge in [-0.1, -0.05) is 38.4 Å². The van der Waals surface area contributed by atoms with Gasteiger partial charge in [0.2, 0.25) is 5.76 Å². The lowest BCUT2D eigenvalue weighted by molar-refractivity contribution is 0.0660. The van der Waals surface area contributed by atoms with Gasteiger partial charge in [-0.2, -0.15) is 0 Å². The van der Waals surface area contributed by atoms with Crippen LogP contribution in [0.5, 0.6) is 0 Å². The molecule has 1 aromatic carbocycles. The predicted octanol–water partition coefficient (Wildman–Crippen LogP) is 5.00. The fourth-order valence-corrected chi connectivity index (χ4v) is 2.99. The van der Waals surface area contributed by atoms with E-state index < -0.39 is 5.97 Å². The third kappa shape index (κ3) is 2.99. The molecule has 0 amide bonds. The molecule has 2 N–H and O–H groups in total. The first kappa shape index (κ1) is 15.7. The van der Waals surface area contributed by atoms with Crippen molar-refractivity contribution >= 4 is 28.5 Å². The fourth-order valence-electron chi connectivity index (χ4n) is 2.81. The third-order valence-electron chi connectivity index (χ3n) is 3.84. The Bertz CT molecular complexity index is 883. The summed E-state index contributed by atoms with van der Waals surface area (Å²) in [6.45, 7) is 6.40. The summed E-state index contributed by atoms with van der Waals surface area (Å²) in [4.78, 5) is 14.4. The van der Waals surface area contributed by atoms with E-state index in [0.29, 0.717) is 17.2 Å². The lowest BCUT2D eigenvalue weighted by Crippen LogP contribution is -2.14. The van der Waals surface area contributed by atoms with Crippen molar-refractivity contribution in [1.82, 2.24) is 4.98 Å². The molecule has 0 radical (unpaired) electrons. The van der Waals surface area contributed by atoms with Crippen LogP contribution in [0.4, 0.5) is 0 Å². The summed E-state index contributed by atoms with van der Waals surface area (Å²) in [6.07, 6.45) is 0.529. The molecule has 23 heavy (non-hydrogen) atoms. The van der Waals surface area contributed by atoms with Gasteiger partial charge in [-0.25, -0.2) is 4.79 Å². The zero-order valence-electron chi connectivity index (χ0n) is 13.2. The molecule has 3 aromatic rings. The second kappa shape index (κ2) is 5.46. The number of carboxylic acids is 1. The summed E-state index contributed by atoms with van der Waals surface area (Å²) in [5, 5.41) is 10.7.